The highest BCUT2D eigenvalue weighted by atomic mass is 15.1. The lowest BCUT2D eigenvalue weighted by Crippen LogP contribution is -2.16. The van der Waals surface area contributed by atoms with E-state index in [0.29, 0.717) is 0 Å². The van der Waals surface area contributed by atoms with Gasteiger partial charge in [-0.2, -0.15) is 0 Å². The van der Waals surface area contributed by atoms with Crippen LogP contribution in [-0.2, 0) is 0 Å². The number of hydrogen-bond donors (Lipinski definition) is 0. The first-order valence-corrected chi connectivity index (χ1v) is 19.5. The van der Waals surface area contributed by atoms with Gasteiger partial charge < -0.3 is 4.90 Å². The van der Waals surface area contributed by atoms with E-state index in [1.807, 2.05) is 24.3 Å². The minimum absolute atomic E-state index is 0.0103. The van der Waals surface area contributed by atoms with Gasteiger partial charge in [0, 0.05) is 28.6 Å². The average molecular weight is 732 g/mol. The third-order valence-corrected chi connectivity index (χ3v) is 11.0. The Morgan fingerprint density at radius 1 is 0.544 bits per heavy atom. The van der Waals surface area contributed by atoms with Crippen LogP contribution in [0.25, 0.3) is 55.1 Å². The molecule has 0 N–H and O–H groups in total. The van der Waals surface area contributed by atoms with E-state index in [1.165, 1.54) is 43.6 Å². The number of allylic oxidation sites excluding steroid dienone is 6. The SMILES string of the molecule is C=C/C(=C\C=C\c1ccc2c(ccc3ccccc32)c1)N(c1ccc(C(=C)C(C=C)C(C=C)c2ccccc2)cc1)c1cccc2c(-c3ccccc3)cccc12. The van der Waals surface area contributed by atoms with Gasteiger partial charge in [-0.1, -0.05) is 189 Å². The second-order valence-electron chi connectivity index (χ2n) is 14.3. The number of nitrogens with zero attached hydrogens (tertiary/aromatic N) is 1. The van der Waals surface area contributed by atoms with E-state index in [-0.39, 0.29) is 11.8 Å². The Bertz CT molecular complexity index is 2800. The summed E-state index contributed by atoms with van der Waals surface area (Å²) < 4.78 is 0. The molecule has 0 aliphatic carbocycles. The highest BCUT2D eigenvalue weighted by molar-refractivity contribution is 6.08. The van der Waals surface area contributed by atoms with Crippen molar-refractivity contribution in [2.45, 2.75) is 5.92 Å². The smallest absolute Gasteiger partial charge is 0.0540 e. The third kappa shape index (κ3) is 7.44. The number of rotatable bonds is 13. The van der Waals surface area contributed by atoms with Crippen LogP contribution in [0, 0.1) is 5.92 Å². The van der Waals surface area contributed by atoms with Gasteiger partial charge in [-0.3, -0.25) is 0 Å². The molecule has 8 rings (SSSR count). The Hall–Kier alpha value is -7.22. The number of anilines is 2. The van der Waals surface area contributed by atoms with E-state index >= 15 is 0 Å². The Labute approximate surface area is 336 Å². The first kappa shape index (κ1) is 36.7. The second kappa shape index (κ2) is 16.7. The van der Waals surface area contributed by atoms with Gasteiger partial charge in [0.15, 0.2) is 0 Å². The van der Waals surface area contributed by atoms with Crippen LogP contribution in [0.15, 0.2) is 238 Å². The fraction of sp³-hybridized carbons (Fsp3) is 0.0357. The summed E-state index contributed by atoms with van der Waals surface area (Å²) in [5, 5.41) is 7.33. The topological polar surface area (TPSA) is 3.24 Å². The summed E-state index contributed by atoms with van der Waals surface area (Å²) in [4.78, 5) is 2.30. The van der Waals surface area contributed by atoms with Crippen molar-refractivity contribution in [2.75, 3.05) is 4.90 Å². The fourth-order valence-corrected chi connectivity index (χ4v) is 8.10. The molecule has 1 heteroatoms. The molecular formula is C56H45N. The van der Waals surface area contributed by atoms with E-state index < -0.39 is 0 Å². The van der Waals surface area contributed by atoms with Crippen LogP contribution in [0.1, 0.15) is 22.6 Å². The van der Waals surface area contributed by atoms with Gasteiger partial charge in [0.25, 0.3) is 0 Å². The summed E-state index contributed by atoms with van der Waals surface area (Å²) in [6.45, 7) is 17.3. The maximum absolute atomic E-state index is 4.59. The Kier molecular flexibility index (Phi) is 10.7. The first-order chi connectivity index (χ1) is 28.1. The largest absolute Gasteiger partial charge is 0.310 e. The van der Waals surface area contributed by atoms with Crippen molar-refractivity contribution in [1.29, 1.82) is 0 Å². The zero-order chi connectivity index (χ0) is 39.1. The zero-order valence-electron chi connectivity index (χ0n) is 32.1. The molecule has 0 saturated carbocycles. The van der Waals surface area contributed by atoms with E-state index in [2.05, 4.69) is 219 Å². The molecule has 8 aromatic carbocycles. The lowest BCUT2D eigenvalue weighted by Gasteiger charge is -2.29. The summed E-state index contributed by atoms with van der Waals surface area (Å²) >= 11 is 0. The van der Waals surface area contributed by atoms with Gasteiger partial charge in [0.2, 0.25) is 0 Å². The normalized spacial score (nSPS) is 12.7. The Balaban J connectivity index is 1.20. The minimum Gasteiger partial charge on any atom is -0.310 e. The van der Waals surface area contributed by atoms with Crippen molar-refractivity contribution in [2.24, 2.45) is 5.92 Å². The maximum Gasteiger partial charge on any atom is 0.0540 e. The lowest BCUT2D eigenvalue weighted by atomic mass is 9.79. The minimum atomic E-state index is -0.0103. The van der Waals surface area contributed by atoms with Crippen LogP contribution in [0.5, 0.6) is 0 Å². The molecule has 0 bridgehead atoms. The van der Waals surface area contributed by atoms with Crippen molar-refractivity contribution < 1.29 is 0 Å². The molecule has 0 aromatic heterocycles. The third-order valence-electron chi connectivity index (χ3n) is 11.0. The van der Waals surface area contributed by atoms with Crippen molar-refractivity contribution in [1.82, 2.24) is 0 Å². The summed E-state index contributed by atoms with van der Waals surface area (Å²) in [7, 11) is 0. The van der Waals surface area contributed by atoms with E-state index in [0.717, 1.165) is 39.2 Å². The van der Waals surface area contributed by atoms with Crippen LogP contribution < -0.4 is 4.90 Å². The summed E-state index contributed by atoms with van der Waals surface area (Å²) in [5.41, 5.74) is 9.79. The quantitative estimate of drug-likeness (QED) is 0.0648. The van der Waals surface area contributed by atoms with Crippen LogP contribution in [0.4, 0.5) is 11.4 Å². The van der Waals surface area contributed by atoms with Gasteiger partial charge in [-0.15, -0.1) is 13.2 Å². The zero-order valence-corrected chi connectivity index (χ0v) is 32.1. The number of fused-ring (bicyclic) bond motifs is 4. The molecule has 0 saturated heterocycles. The molecule has 0 aliphatic heterocycles. The molecule has 0 heterocycles. The molecule has 0 amide bonds. The van der Waals surface area contributed by atoms with Gasteiger partial charge in [0.1, 0.15) is 0 Å². The molecular weight excluding hydrogens is 687 g/mol. The highest BCUT2D eigenvalue weighted by Crippen LogP contribution is 2.41. The lowest BCUT2D eigenvalue weighted by molar-refractivity contribution is 0.728. The Morgan fingerprint density at radius 3 is 1.96 bits per heavy atom. The van der Waals surface area contributed by atoms with E-state index in [9.17, 15) is 0 Å². The van der Waals surface area contributed by atoms with Crippen LogP contribution in [-0.4, -0.2) is 0 Å². The predicted octanol–water partition coefficient (Wildman–Crippen LogP) is 15.5. The highest BCUT2D eigenvalue weighted by Gasteiger charge is 2.22. The molecule has 274 valence electrons. The number of hydrogen-bond acceptors (Lipinski definition) is 1. The average Bonchev–Trinajstić information content (AvgIpc) is 3.28. The summed E-state index contributed by atoms with van der Waals surface area (Å²) in [5.74, 6) is 0.0508. The van der Waals surface area contributed by atoms with E-state index in [4.69, 9.17) is 0 Å². The van der Waals surface area contributed by atoms with Gasteiger partial charge in [-0.05, 0) is 96.7 Å². The maximum atomic E-state index is 4.59. The molecule has 57 heavy (non-hydrogen) atoms. The molecule has 0 fully saturated rings. The van der Waals surface area contributed by atoms with Crippen molar-refractivity contribution in [3.63, 3.8) is 0 Å². The first-order valence-electron chi connectivity index (χ1n) is 19.5. The standard InChI is InChI=1S/C56H45N/c1-5-47(25-16-19-41-31-38-53-46(39-41)33-32-45-24-14-15-26-51(45)53)57(56-30-18-28-54-52(27-17-29-55(54)56)44-22-12-9-13-23-44)48-36-34-42(35-37-48)40(4)49(6-2)50(7-3)43-20-10-8-11-21-43/h5-39,49-50H,1-4H2/b19-16+,47-25+. The molecule has 8 aromatic rings. The second-order valence-corrected chi connectivity index (χ2v) is 14.3. The van der Waals surface area contributed by atoms with Crippen molar-refractivity contribution >= 4 is 55.3 Å². The van der Waals surface area contributed by atoms with Crippen LogP contribution in [0.2, 0.25) is 0 Å². The summed E-state index contributed by atoms with van der Waals surface area (Å²) in [6, 6.07) is 62.5. The predicted molar refractivity (Wildman–Crippen MR) is 249 cm³/mol. The van der Waals surface area contributed by atoms with Gasteiger partial charge in [0.05, 0.1) is 5.69 Å². The fourth-order valence-electron chi connectivity index (χ4n) is 8.10. The van der Waals surface area contributed by atoms with E-state index in [1.54, 1.807) is 0 Å². The molecule has 0 spiro atoms. The summed E-state index contributed by atoms with van der Waals surface area (Å²) in [6.07, 6.45) is 12.4. The molecule has 0 aliphatic rings. The van der Waals surface area contributed by atoms with Crippen LogP contribution >= 0.6 is 0 Å². The number of benzene rings is 8. The molecule has 2 atom stereocenters. The Morgan fingerprint density at radius 2 is 1.21 bits per heavy atom. The van der Waals surface area contributed by atoms with Gasteiger partial charge >= 0.3 is 0 Å². The van der Waals surface area contributed by atoms with Crippen molar-refractivity contribution in [3.8, 4) is 11.1 Å². The molecule has 2 unspecified atom stereocenters. The monoisotopic (exact) mass is 731 g/mol. The van der Waals surface area contributed by atoms with Gasteiger partial charge in [-0.25, -0.2) is 0 Å². The molecule has 0 radical (unpaired) electrons. The van der Waals surface area contributed by atoms with Crippen LogP contribution in [0.3, 0.4) is 0 Å². The molecule has 1 nitrogen and oxygen atoms in total. The van der Waals surface area contributed by atoms with Crippen molar-refractivity contribution in [3.05, 3.63) is 255 Å².